The Hall–Kier alpha value is -1.46. The molecule has 1 aliphatic carbocycles. The molecule has 0 bridgehead atoms. The molecule has 1 aromatic heterocycles. The van der Waals surface area contributed by atoms with Gasteiger partial charge in [0.05, 0.1) is 11.3 Å². The van der Waals surface area contributed by atoms with Crippen LogP contribution in [0.3, 0.4) is 0 Å². The molecule has 1 fully saturated rings. The number of aryl methyl sites for hydroxylation is 1. The number of carbonyl (C=O) groups excluding carboxylic acids is 1. The van der Waals surface area contributed by atoms with Crippen molar-refractivity contribution < 1.29 is 4.79 Å². The molecule has 1 N–H and O–H groups in total. The van der Waals surface area contributed by atoms with Crippen LogP contribution in [0.5, 0.6) is 0 Å². The fraction of sp³-hybridized carbons (Fsp3) is 0.500. The number of aromatic nitrogens is 1. The van der Waals surface area contributed by atoms with Gasteiger partial charge in [0.25, 0.3) is 5.56 Å². The average molecular weight is 393 g/mol. The molecule has 140 valence electrons. The van der Waals surface area contributed by atoms with Crippen molar-refractivity contribution in [2.24, 2.45) is 18.9 Å². The molecule has 0 unspecified atom stereocenters. The number of pyridine rings is 1. The topological polar surface area (TPSA) is 51.1 Å². The van der Waals surface area contributed by atoms with Crippen LogP contribution in [0.15, 0.2) is 34.0 Å². The first-order valence-electron chi connectivity index (χ1n) is 9.08. The van der Waals surface area contributed by atoms with E-state index in [9.17, 15) is 9.59 Å². The molecular weight excluding hydrogens is 368 g/mol. The van der Waals surface area contributed by atoms with Gasteiger partial charge in [0.2, 0.25) is 5.91 Å². The molecule has 26 heavy (non-hydrogen) atoms. The highest BCUT2D eigenvalue weighted by atomic mass is 35.5. The standard InChI is InChI=1S/C20H25ClN2O2S/c1-12-5-4-6-16(13(12)2)22-19(24)11-26-18-10-20(25)23(3)17-9-14(21)7-8-15(17)18/h7-10,12-13,16H,4-6,11H2,1-3H3,(H,22,24)/t12-,13-,16-/m1/s1. The largest absolute Gasteiger partial charge is 0.352 e. The minimum absolute atomic E-state index is 0.0312. The number of fused-ring (bicyclic) bond motifs is 1. The molecule has 1 heterocycles. The van der Waals surface area contributed by atoms with E-state index in [4.69, 9.17) is 11.6 Å². The van der Waals surface area contributed by atoms with Gasteiger partial charge in [0, 0.05) is 34.5 Å². The fourth-order valence-corrected chi connectivity index (χ4v) is 4.74. The van der Waals surface area contributed by atoms with Crippen LogP contribution in [0.25, 0.3) is 10.9 Å². The molecule has 3 rings (SSSR count). The first-order valence-corrected chi connectivity index (χ1v) is 10.4. The normalized spacial score (nSPS) is 23.2. The zero-order chi connectivity index (χ0) is 18.8. The summed E-state index contributed by atoms with van der Waals surface area (Å²) in [6.45, 7) is 4.48. The zero-order valence-corrected chi connectivity index (χ0v) is 17.0. The maximum Gasteiger partial charge on any atom is 0.251 e. The SMILES string of the molecule is C[C@@H]1[C@H](C)CCC[C@H]1NC(=O)CSc1cc(=O)n(C)c2cc(Cl)ccc12. The number of benzene rings is 1. The monoisotopic (exact) mass is 392 g/mol. The number of hydrogen-bond acceptors (Lipinski definition) is 3. The lowest BCUT2D eigenvalue weighted by Crippen LogP contribution is -2.44. The molecule has 1 aromatic carbocycles. The van der Waals surface area contributed by atoms with Crippen molar-refractivity contribution >= 4 is 40.2 Å². The second-order valence-corrected chi connectivity index (χ2v) is 8.75. The minimum Gasteiger partial charge on any atom is -0.352 e. The molecule has 2 aromatic rings. The van der Waals surface area contributed by atoms with E-state index < -0.39 is 0 Å². The summed E-state index contributed by atoms with van der Waals surface area (Å²) in [6.07, 6.45) is 3.46. The Kier molecular flexibility index (Phi) is 5.98. The predicted octanol–water partition coefficient (Wildman–Crippen LogP) is 4.22. The van der Waals surface area contributed by atoms with Gasteiger partial charge in [-0.15, -0.1) is 11.8 Å². The average Bonchev–Trinajstić information content (AvgIpc) is 2.61. The molecule has 0 spiro atoms. The highest BCUT2D eigenvalue weighted by Gasteiger charge is 2.28. The lowest BCUT2D eigenvalue weighted by atomic mass is 9.78. The van der Waals surface area contributed by atoms with E-state index in [-0.39, 0.29) is 17.5 Å². The van der Waals surface area contributed by atoms with Crippen LogP contribution in [0, 0.1) is 11.8 Å². The van der Waals surface area contributed by atoms with Crippen molar-refractivity contribution in [3.63, 3.8) is 0 Å². The molecule has 3 atom stereocenters. The van der Waals surface area contributed by atoms with E-state index in [2.05, 4.69) is 19.2 Å². The van der Waals surface area contributed by atoms with Gasteiger partial charge in [0.15, 0.2) is 0 Å². The molecule has 1 amide bonds. The van der Waals surface area contributed by atoms with E-state index >= 15 is 0 Å². The van der Waals surface area contributed by atoms with E-state index in [1.165, 1.54) is 24.6 Å². The molecular formula is C20H25ClN2O2S. The summed E-state index contributed by atoms with van der Waals surface area (Å²) >= 11 is 7.48. The van der Waals surface area contributed by atoms with Crippen molar-refractivity contribution in [1.29, 1.82) is 0 Å². The van der Waals surface area contributed by atoms with Crippen molar-refractivity contribution in [1.82, 2.24) is 9.88 Å². The lowest BCUT2D eigenvalue weighted by Gasteiger charge is -2.34. The summed E-state index contributed by atoms with van der Waals surface area (Å²) in [4.78, 5) is 25.5. The predicted molar refractivity (Wildman–Crippen MR) is 109 cm³/mol. The number of carbonyl (C=O) groups is 1. The number of nitrogens with one attached hydrogen (secondary N) is 1. The van der Waals surface area contributed by atoms with Crippen molar-refractivity contribution in [2.75, 3.05) is 5.75 Å². The summed E-state index contributed by atoms with van der Waals surface area (Å²) in [5.41, 5.74) is 0.681. The van der Waals surface area contributed by atoms with Crippen LogP contribution < -0.4 is 10.9 Å². The van der Waals surface area contributed by atoms with Gasteiger partial charge >= 0.3 is 0 Å². The molecule has 1 aliphatic rings. The summed E-state index contributed by atoms with van der Waals surface area (Å²) in [5.74, 6) is 1.49. The molecule has 0 aliphatic heterocycles. The Morgan fingerprint density at radius 3 is 2.85 bits per heavy atom. The third kappa shape index (κ3) is 4.09. The van der Waals surface area contributed by atoms with E-state index in [0.29, 0.717) is 22.6 Å². The maximum absolute atomic E-state index is 12.4. The number of halogens is 1. The van der Waals surface area contributed by atoms with Gasteiger partial charge in [-0.3, -0.25) is 9.59 Å². The quantitative estimate of drug-likeness (QED) is 0.792. The van der Waals surface area contributed by atoms with Crippen molar-refractivity contribution in [3.8, 4) is 0 Å². The Morgan fingerprint density at radius 2 is 2.08 bits per heavy atom. The van der Waals surface area contributed by atoms with Crippen molar-refractivity contribution in [2.45, 2.75) is 44.0 Å². The zero-order valence-electron chi connectivity index (χ0n) is 15.4. The van der Waals surface area contributed by atoms with Gasteiger partial charge in [-0.2, -0.15) is 0 Å². The summed E-state index contributed by atoms with van der Waals surface area (Å²) < 4.78 is 1.58. The molecule has 6 heteroatoms. The van der Waals surface area contributed by atoms with Crippen LogP contribution in [0.4, 0.5) is 0 Å². The van der Waals surface area contributed by atoms with E-state index in [1.807, 2.05) is 12.1 Å². The Labute approximate surface area is 163 Å². The van der Waals surface area contributed by atoms with Crippen molar-refractivity contribution in [3.05, 3.63) is 39.6 Å². The summed E-state index contributed by atoms with van der Waals surface area (Å²) in [7, 11) is 1.73. The molecule has 1 saturated carbocycles. The highest BCUT2D eigenvalue weighted by Crippen LogP contribution is 2.30. The number of amides is 1. The fourth-order valence-electron chi connectivity index (χ4n) is 3.69. The van der Waals surface area contributed by atoms with Gasteiger partial charge in [-0.05, 0) is 30.4 Å². The smallest absolute Gasteiger partial charge is 0.251 e. The maximum atomic E-state index is 12.4. The molecule has 0 radical (unpaired) electrons. The van der Waals surface area contributed by atoms with E-state index in [0.717, 1.165) is 22.2 Å². The summed E-state index contributed by atoms with van der Waals surface area (Å²) in [5, 5.41) is 4.72. The first kappa shape index (κ1) is 19.3. The molecule has 0 saturated heterocycles. The number of hydrogen-bond donors (Lipinski definition) is 1. The van der Waals surface area contributed by atoms with Crippen LogP contribution in [0.1, 0.15) is 33.1 Å². The van der Waals surface area contributed by atoms with Crippen LogP contribution >= 0.6 is 23.4 Å². The second kappa shape index (κ2) is 8.05. The number of rotatable bonds is 4. The second-order valence-electron chi connectivity index (χ2n) is 7.30. The highest BCUT2D eigenvalue weighted by molar-refractivity contribution is 8.00. The van der Waals surface area contributed by atoms with Gasteiger partial charge in [0.1, 0.15) is 0 Å². The third-order valence-electron chi connectivity index (χ3n) is 5.58. The first-order chi connectivity index (χ1) is 12.4. The van der Waals surface area contributed by atoms with Crippen LogP contribution in [0.2, 0.25) is 5.02 Å². The third-order valence-corrected chi connectivity index (χ3v) is 6.87. The minimum atomic E-state index is -0.0996. The Balaban J connectivity index is 1.72. The lowest BCUT2D eigenvalue weighted by molar-refractivity contribution is -0.119. The van der Waals surface area contributed by atoms with Crippen LogP contribution in [-0.4, -0.2) is 22.3 Å². The Morgan fingerprint density at radius 1 is 1.31 bits per heavy atom. The summed E-state index contributed by atoms with van der Waals surface area (Å²) in [6, 6.07) is 7.35. The van der Waals surface area contributed by atoms with Gasteiger partial charge in [-0.1, -0.05) is 44.4 Å². The molecule has 4 nitrogen and oxygen atoms in total. The van der Waals surface area contributed by atoms with Gasteiger partial charge < -0.3 is 9.88 Å². The van der Waals surface area contributed by atoms with Crippen LogP contribution in [-0.2, 0) is 11.8 Å². The Bertz CT molecular complexity index is 880. The van der Waals surface area contributed by atoms with E-state index in [1.54, 1.807) is 23.7 Å². The number of thioether (sulfide) groups is 1. The number of nitrogens with zero attached hydrogens (tertiary/aromatic N) is 1. The van der Waals surface area contributed by atoms with Gasteiger partial charge in [-0.25, -0.2) is 0 Å².